The van der Waals surface area contributed by atoms with Gasteiger partial charge in [0.05, 0.1) is 25.5 Å². The number of halogens is 3. The maximum Gasteiger partial charge on any atom is 0.416 e. The summed E-state index contributed by atoms with van der Waals surface area (Å²) in [6, 6.07) is 7.55. The van der Waals surface area contributed by atoms with E-state index >= 15 is 0 Å². The Balaban J connectivity index is 2.45. The van der Waals surface area contributed by atoms with Crippen LogP contribution in [0.3, 0.4) is 0 Å². The van der Waals surface area contributed by atoms with Gasteiger partial charge in [0.2, 0.25) is 0 Å². The highest BCUT2D eigenvalue weighted by Gasteiger charge is 2.30. The fourth-order valence-electron chi connectivity index (χ4n) is 2.07. The molecule has 2 aromatic carbocycles. The van der Waals surface area contributed by atoms with Gasteiger partial charge in [-0.25, -0.2) is 4.99 Å². The predicted molar refractivity (Wildman–Crippen MR) is 85.8 cm³/mol. The van der Waals surface area contributed by atoms with Gasteiger partial charge >= 0.3 is 6.18 Å². The molecule has 0 heterocycles. The van der Waals surface area contributed by atoms with Crippen LogP contribution in [0, 0.1) is 0 Å². The third kappa shape index (κ3) is 3.70. The quantitative estimate of drug-likeness (QED) is 0.508. The van der Waals surface area contributed by atoms with Gasteiger partial charge in [-0.05, 0) is 24.3 Å². The van der Waals surface area contributed by atoms with Crippen molar-refractivity contribution in [1.82, 2.24) is 0 Å². The zero-order valence-corrected chi connectivity index (χ0v) is 13.0. The first kappa shape index (κ1) is 17.5. The molecular weight excluding hydrogens is 323 g/mol. The summed E-state index contributed by atoms with van der Waals surface area (Å²) < 4.78 is 48.5. The summed E-state index contributed by atoms with van der Waals surface area (Å²) in [5.74, 6) is 0.752. The minimum Gasteiger partial charge on any atom is -0.493 e. The number of nitrogens with two attached hydrogens (primary N) is 2. The molecule has 2 rings (SSSR count). The smallest absolute Gasteiger partial charge is 0.416 e. The number of hydrogen-bond acceptors (Lipinski definition) is 4. The van der Waals surface area contributed by atoms with Crippen molar-refractivity contribution in [2.45, 2.75) is 6.18 Å². The van der Waals surface area contributed by atoms with Crippen molar-refractivity contribution in [3.8, 4) is 11.5 Å². The van der Waals surface area contributed by atoms with E-state index in [1.807, 2.05) is 0 Å². The number of anilines is 1. The van der Waals surface area contributed by atoms with Crippen LogP contribution in [-0.2, 0) is 6.18 Å². The summed E-state index contributed by atoms with van der Waals surface area (Å²) in [7, 11) is 2.90. The molecule has 0 amide bonds. The van der Waals surface area contributed by atoms with Gasteiger partial charge in [0, 0.05) is 17.3 Å². The summed E-state index contributed by atoms with van der Waals surface area (Å²) in [5.41, 5.74) is 11.7. The van der Waals surface area contributed by atoms with Gasteiger partial charge in [-0.2, -0.15) is 13.2 Å². The van der Waals surface area contributed by atoms with Gasteiger partial charge in [-0.1, -0.05) is 6.07 Å². The van der Waals surface area contributed by atoms with Crippen molar-refractivity contribution < 1.29 is 22.6 Å². The molecule has 128 valence electrons. The zero-order valence-electron chi connectivity index (χ0n) is 13.0. The molecule has 0 saturated carbocycles. The van der Waals surface area contributed by atoms with Crippen LogP contribution in [0.4, 0.5) is 24.5 Å². The highest BCUT2D eigenvalue weighted by molar-refractivity contribution is 6.04. The van der Waals surface area contributed by atoms with E-state index in [9.17, 15) is 13.2 Å². The van der Waals surface area contributed by atoms with Crippen LogP contribution in [-0.4, -0.2) is 20.1 Å². The molecule has 0 radical (unpaired) electrons. The number of aliphatic imine (C=N–C) groups is 1. The molecule has 0 aliphatic heterocycles. The lowest BCUT2D eigenvalue weighted by Gasteiger charge is -2.12. The summed E-state index contributed by atoms with van der Waals surface area (Å²) >= 11 is 0. The van der Waals surface area contributed by atoms with E-state index in [0.717, 1.165) is 12.1 Å². The monoisotopic (exact) mass is 339 g/mol. The molecule has 2 aromatic rings. The number of methoxy groups -OCH3 is 2. The van der Waals surface area contributed by atoms with Gasteiger partial charge in [0.15, 0.2) is 11.5 Å². The Hall–Kier alpha value is -2.90. The number of nitrogen functional groups attached to an aromatic ring is 1. The predicted octanol–water partition coefficient (Wildman–Crippen LogP) is 3.34. The molecule has 5 nitrogen and oxygen atoms in total. The number of ether oxygens (including phenoxy) is 2. The standard InChI is InChI=1S/C16H16F3N3O2/c1-23-13-7-11(12(20)8-14(13)24-2)15(21)22-10-5-3-4-9(6-10)16(17,18)19/h3-8H,20H2,1-2H3,(H2,21,22). The van der Waals surface area contributed by atoms with E-state index in [-0.39, 0.29) is 17.2 Å². The molecule has 0 spiro atoms. The number of alkyl halides is 3. The second kappa shape index (κ2) is 6.69. The van der Waals surface area contributed by atoms with E-state index in [2.05, 4.69) is 4.99 Å². The highest BCUT2D eigenvalue weighted by Crippen LogP contribution is 2.33. The normalized spacial score (nSPS) is 12.1. The lowest BCUT2D eigenvalue weighted by Crippen LogP contribution is -2.15. The molecule has 0 aliphatic carbocycles. The summed E-state index contributed by atoms with van der Waals surface area (Å²) in [6.45, 7) is 0. The van der Waals surface area contributed by atoms with Crippen molar-refractivity contribution in [3.63, 3.8) is 0 Å². The Morgan fingerprint density at radius 2 is 1.67 bits per heavy atom. The van der Waals surface area contributed by atoms with Crippen LogP contribution in [0.2, 0.25) is 0 Å². The van der Waals surface area contributed by atoms with Crippen LogP contribution < -0.4 is 20.9 Å². The molecule has 0 fully saturated rings. The second-order valence-corrected chi connectivity index (χ2v) is 4.84. The van der Waals surface area contributed by atoms with Crippen LogP contribution in [0.5, 0.6) is 11.5 Å². The third-order valence-electron chi connectivity index (χ3n) is 3.25. The zero-order chi connectivity index (χ0) is 17.9. The highest BCUT2D eigenvalue weighted by atomic mass is 19.4. The van der Waals surface area contributed by atoms with E-state index in [0.29, 0.717) is 17.1 Å². The van der Waals surface area contributed by atoms with Crippen LogP contribution >= 0.6 is 0 Å². The molecule has 4 N–H and O–H groups in total. The van der Waals surface area contributed by atoms with E-state index in [4.69, 9.17) is 20.9 Å². The van der Waals surface area contributed by atoms with Gasteiger partial charge in [0.25, 0.3) is 0 Å². The molecular formula is C16H16F3N3O2. The van der Waals surface area contributed by atoms with Crippen molar-refractivity contribution in [3.05, 3.63) is 47.5 Å². The van der Waals surface area contributed by atoms with E-state index in [1.165, 1.54) is 38.5 Å². The van der Waals surface area contributed by atoms with Gasteiger partial charge < -0.3 is 20.9 Å². The summed E-state index contributed by atoms with van der Waals surface area (Å²) in [6.07, 6.45) is -4.46. The van der Waals surface area contributed by atoms with Crippen molar-refractivity contribution in [1.29, 1.82) is 0 Å². The van der Waals surface area contributed by atoms with Crippen LogP contribution in [0.15, 0.2) is 41.4 Å². The SMILES string of the molecule is COc1cc(N)c(C(N)=Nc2cccc(C(F)(F)F)c2)cc1OC. The first-order chi connectivity index (χ1) is 11.3. The Kier molecular flexibility index (Phi) is 4.87. The van der Waals surface area contributed by atoms with Gasteiger partial charge in [-0.3, -0.25) is 0 Å². The maximum atomic E-state index is 12.7. The lowest BCUT2D eigenvalue weighted by molar-refractivity contribution is -0.137. The molecule has 0 aromatic heterocycles. The minimum atomic E-state index is -4.46. The number of amidine groups is 1. The average molecular weight is 339 g/mol. The Morgan fingerprint density at radius 1 is 1.04 bits per heavy atom. The van der Waals surface area contributed by atoms with Gasteiger partial charge in [-0.15, -0.1) is 0 Å². The fraction of sp³-hybridized carbons (Fsp3) is 0.188. The molecule has 0 atom stereocenters. The van der Waals surface area contributed by atoms with Gasteiger partial charge in [0.1, 0.15) is 5.84 Å². The molecule has 24 heavy (non-hydrogen) atoms. The Morgan fingerprint density at radius 3 is 2.25 bits per heavy atom. The van der Waals surface area contributed by atoms with E-state index < -0.39 is 11.7 Å². The lowest BCUT2D eigenvalue weighted by atomic mass is 10.1. The fourth-order valence-corrected chi connectivity index (χ4v) is 2.07. The molecule has 0 aliphatic rings. The largest absolute Gasteiger partial charge is 0.493 e. The summed E-state index contributed by atoms with van der Waals surface area (Å²) in [5, 5.41) is 0. The maximum absolute atomic E-state index is 12.7. The number of benzene rings is 2. The van der Waals surface area contributed by atoms with Crippen molar-refractivity contribution >= 4 is 17.2 Å². The second-order valence-electron chi connectivity index (χ2n) is 4.84. The van der Waals surface area contributed by atoms with E-state index in [1.54, 1.807) is 0 Å². The number of rotatable bonds is 4. The molecule has 8 heteroatoms. The number of nitrogens with zero attached hydrogens (tertiary/aromatic N) is 1. The first-order valence-corrected chi connectivity index (χ1v) is 6.79. The van der Waals surface area contributed by atoms with Crippen LogP contribution in [0.25, 0.3) is 0 Å². The van der Waals surface area contributed by atoms with Crippen molar-refractivity contribution in [2.24, 2.45) is 10.7 Å². The van der Waals surface area contributed by atoms with Crippen LogP contribution in [0.1, 0.15) is 11.1 Å². The average Bonchev–Trinajstić information content (AvgIpc) is 2.53. The Bertz CT molecular complexity index is 774. The van der Waals surface area contributed by atoms with Crippen molar-refractivity contribution in [2.75, 3.05) is 20.0 Å². The molecule has 0 saturated heterocycles. The first-order valence-electron chi connectivity index (χ1n) is 6.79. The Labute approximate surface area is 136 Å². The summed E-state index contributed by atoms with van der Waals surface area (Å²) in [4.78, 5) is 4.01. The minimum absolute atomic E-state index is 0.0345. The number of hydrogen-bond donors (Lipinski definition) is 2. The third-order valence-corrected chi connectivity index (χ3v) is 3.25. The topological polar surface area (TPSA) is 82.9 Å². The molecule has 0 bridgehead atoms. The molecule has 0 unspecified atom stereocenters.